The molecule has 0 aromatic carbocycles. The van der Waals surface area contributed by atoms with E-state index in [1.807, 2.05) is 55.4 Å². The molecule has 0 N–H and O–H groups in total. The van der Waals surface area contributed by atoms with E-state index in [4.69, 9.17) is 23.7 Å². The van der Waals surface area contributed by atoms with Crippen molar-refractivity contribution in [2.75, 3.05) is 7.11 Å². The van der Waals surface area contributed by atoms with Gasteiger partial charge in [-0.3, -0.25) is 0 Å². The average molecular weight is 375 g/mol. The normalized spacial score (nSPS) is 31.6. The summed E-state index contributed by atoms with van der Waals surface area (Å²) in [5, 5.41) is 0. The third-order valence-corrected chi connectivity index (χ3v) is 3.90. The van der Waals surface area contributed by atoms with E-state index in [2.05, 4.69) is 18.8 Å². The van der Waals surface area contributed by atoms with Crippen molar-refractivity contribution in [2.45, 2.75) is 113 Å². The van der Waals surface area contributed by atoms with Crippen LogP contribution >= 0.6 is 0 Å². The van der Waals surface area contributed by atoms with Crippen molar-refractivity contribution >= 4 is 0 Å². The van der Waals surface area contributed by atoms with Gasteiger partial charge in [-0.05, 0) is 34.6 Å². The van der Waals surface area contributed by atoms with Crippen LogP contribution in [0.15, 0.2) is 0 Å². The maximum atomic E-state index is 6.10. The summed E-state index contributed by atoms with van der Waals surface area (Å²) in [7, 11) is 1.62. The second kappa shape index (κ2) is 11.9. The Labute approximate surface area is 162 Å². The van der Waals surface area contributed by atoms with Crippen molar-refractivity contribution in [1.82, 2.24) is 0 Å². The summed E-state index contributed by atoms with van der Waals surface area (Å²) in [5.41, 5.74) is 0. The maximum absolute atomic E-state index is 6.10. The lowest BCUT2D eigenvalue weighted by Crippen LogP contribution is -2.54. The third-order valence-electron chi connectivity index (χ3n) is 3.90. The number of hydrogen-bond acceptors (Lipinski definition) is 5. The molecule has 2 aliphatic rings. The van der Waals surface area contributed by atoms with Crippen molar-refractivity contribution in [3.63, 3.8) is 0 Å². The lowest BCUT2D eigenvalue weighted by atomic mass is 9.90. The third kappa shape index (κ3) is 7.17. The number of fused-ring (bicyclic) bond motifs is 1. The monoisotopic (exact) mass is 374 g/mol. The van der Waals surface area contributed by atoms with Crippen LogP contribution in [0.2, 0.25) is 0 Å². The van der Waals surface area contributed by atoms with Crippen molar-refractivity contribution in [3.8, 4) is 11.8 Å². The Balaban J connectivity index is 0. The molecule has 1 unspecified atom stereocenters. The summed E-state index contributed by atoms with van der Waals surface area (Å²) in [6, 6.07) is 0. The Morgan fingerprint density at radius 1 is 1.04 bits per heavy atom. The second-order valence-electron chi connectivity index (χ2n) is 6.47. The molecule has 0 aliphatic carbocycles. The molecule has 0 saturated carbocycles. The average Bonchev–Trinajstić information content (AvgIpc) is 2.90. The minimum atomic E-state index is -0.711. The Kier molecular flexibility index (Phi) is 12.7. The molecular weight excluding hydrogens is 332 g/mol. The van der Waals surface area contributed by atoms with Gasteiger partial charge in [-0.15, -0.1) is 5.92 Å². The molecule has 5 nitrogen and oxygen atoms in total. The summed E-state index contributed by atoms with van der Waals surface area (Å²) >= 11 is 0. The van der Waals surface area contributed by atoms with Crippen LogP contribution in [0.5, 0.6) is 0 Å². The highest BCUT2D eigenvalue weighted by Gasteiger charge is 2.53. The van der Waals surface area contributed by atoms with Gasteiger partial charge in [0.2, 0.25) is 0 Å². The second-order valence-corrected chi connectivity index (χ2v) is 6.47. The molecule has 0 amide bonds. The van der Waals surface area contributed by atoms with Gasteiger partial charge in [0.1, 0.15) is 18.3 Å². The Bertz CT molecular complexity index is 435. The Morgan fingerprint density at radius 3 is 2.04 bits per heavy atom. The van der Waals surface area contributed by atoms with Crippen LogP contribution in [-0.4, -0.2) is 43.3 Å². The fourth-order valence-corrected chi connectivity index (χ4v) is 2.71. The number of hydrogen-bond donors (Lipinski definition) is 0. The molecule has 2 aliphatic heterocycles. The first-order chi connectivity index (χ1) is 11.7. The van der Waals surface area contributed by atoms with Crippen molar-refractivity contribution in [2.24, 2.45) is 5.92 Å². The van der Waals surface area contributed by atoms with Crippen molar-refractivity contribution in [1.29, 1.82) is 0 Å². The van der Waals surface area contributed by atoms with Crippen LogP contribution in [0.3, 0.4) is 0 Å². The smallest absolute Gasteiger partial charge is 0.189 e. The van der Waals surface area contributed by atoms with Gasteiger partial charge in [-0.25, -0.2) is 0 Å². The molecule has 2 rings (SSSR count). The van der Waals surface area contributed by atoms with E-state index in [0.29, 0.717) is 0 Å². The number of ether oxygens (including phenoxy) is 5. The van der Waals surface area contributed by atoms with Crippen LogP contribution in [0, 0.1) is 17.8 Å². The molecule has 2 heterocycles. The van der Waals surface area contributed by atoms with E-state index < -0.39 is 17.9 Å². The van der Waals surface area contributed by atoms with E-state index in [1.165, 1.54) is 0 Å². The van der Waals surface area contributed by atoms with Crippen LogP contribution in [-0.2, 0) is 23.7 Å². The minimum absolute atomic E-state index is 0. The van der Waals surface area contributed by atoms with Crippen molar-refractivity contribution in [3.05, 3.63) is 0 Å². The first-order valence-corrected chi connectivity index (χ1v) is 9.35. The van der Waals surface area contributed by atoms with Gasteiger partial charge in [-0.2, -0.15) is 0 Å². The highest BCUT2D eigenvalue weighted by molar-refractivity contribution is 5.10. The van der Waals surface area contributed by atoms with Crippen LogP contribution in [0.1, 0.15) is 76.7 Å². The molecule has 2 fully saturated rings. The standard InChI is InChI=1S/C16H26O5.2C2H6.CH4/c1-8-9-11-12(19-15(3,4)17-7)10(2)13-14(18-11)21-16(5,6)20-13;2*1-2;/h10-14H,1-7H3;2*1-2H3;1H4/t10-,11+,12+,13+,14?;;;/m1.../s1. The topological polar surface area (TPSA) is 46.2 Å². The summed E-state index contributed by atoms with van der Waals surface area (Å²) in [6.07, 6.45) is -1.19. The molecule has 0 aromatic heterocycles. The van der Waals surface area contributed by atoms with Crippen LogP contribution in [0.25, 0.3) is 0 Å². The highest BCUT2D eigenvalue weighted by atomic mass is 16.8. The quantitative estimate of drug-likeness (QED) is 0.515. The minimum Gasteiger partial charge on any atom is -0.354 e. The van der Waals surface area contributed by atoms with E-state index in [-0.39, 0.29) is 31.7 Å². The van der Waals surface area contributed by atoms with E-state index in [9.17, 15) is 0 Å². The van der Waals surface area contributed by atoms with Gasteiger partial charge in [-0.1, -0.05) is 48.0 Å². The lowest BCUT2D eigenvalue weighted by Gasteiger charge is -2.42. The van der Waals surface area contributed by atoms with Gasteiger partial charge >= 0.3 is 0 Å². The highest BCUT2D eigenvalue weighted by Crippen LogP contribution is 2.40. The Morgan fingerprint density at radius 2 is 1.58 bits per heavy atom. The largest absolute Gasteiger partial charge is 0.354 e. The molecule has 5 atom stereocenters. The fraction of sp³-hybridized carbons (Fsp3) is 0.905. The molecule has 0 radical (unpaired) electrons. The van der Waals surface area contributed by atoms with E-state index in [0.717, 1.165) is 0 Å². The molecular formula is C21H42O5. The zero-order valence-corrected chi connectivity index (χ0v) is 17.9. The van der Waals surface area contributed by atoms with Gasteiger partial charge in [0.15, 0.2) is 17.9 Å². The molecule has 0 aromatic rings. The summed E-state index contributed by atoms with van der Waals surface area (Å²) in [4.78, 5) is 0. The van der Waals surface area contributed by atoms with Crippen LogP contribution in [0.4, 0.5) is 0 Å². The SMILES string of the molecule is C.CC.CC.CC#C[C@@H]1OC2OC(C)(C)O[C@H]2[C@H](C)[C@@H]1OC(C)(C)OC. The molecule has 5 heteroatoms. The summed E-state index contributed by atoms with van der Waals surface area (Å²) < 4.78 is 29.2. The first kappa shape index (κ1) is 27.6. The first-order valence-electron chi connectivity index (χ1n) is 9.35. The van der Waals surface area contributed by atoms with E-state index >= 15 is 0 Å². The summed E-state index contributed by atoms with van der Waals surface area (Å²) in [6.45, 7) is 19.4. The molecule has 2 saturated heterocycles. The van der Waals surface area contributed by atoms with Gasteiger partial charge in [0, 0.05) is 13.0 Å². The zero-order valence-electron chi connectivity index (χ0n) is 17.9. The summed E-state index contributed by atoms with van der Waals surface area (Å²) in [5.74, 6) is 4.67. The predicted molar refractivity (Wildman–Crippen MR) is 107 cm³/mol. The van der Waals surface area contributed by atoms with Gasteiger partial charge in [0.05, 0.1) is 0 Å². The number of methoxy groups -OCH3 is 1. The predicted octanol–water partition coefficient (Wildman–Crippen LogP) is 4.98. The van der Waals surface area contributed by atoms with Gasteiger partial charge in [0.25, 0.3) is 0 Å². The number of rotatable bonds is 3. The van der Waals surface area contributed by atoms with Gasteiger partial charge < -0.3 is 23.7 Å². The molecule has 156 valence electrons. The Hall–Kier alpha value is -0.640. The van der Waals surface area contributed by atoms with E-state index in [1.54, 1.807) is 14.0 Å². The maximum Gasteiger partial charge on any atom is 0.189 e. The molecule has 26 heavy (non-hydrogen) atoms. The van der Waals surface area contributed by atoms with Crippen LogP contribution < -0.4 is 0 Å². The zero-order chi connectivity index (χ0) is 19.8. The lowest BCUT2D eigenvalue weighted by molar-refractivity contribution is -0.291. The molecule has 0 bridgehead atoms. The van der Waals surface area contributed by atoms with Crippen molar-refractivity contribution < 1.29 is 23.7 Å². The fourth-order valence-electron chi connectivity index (χ4n) is 2.71. The molecule has 0 spiro atoms.